The summed E-state index contributed by atoms with van der Waals surface area (Å²) in [5.74, 6) is -0.0173. The molecule has 0 amide bonds. The quantitative estimate of drug-likeness (QED) is 0.416. The van der Waals surface area contributed by atoms with Gasteiger partial charge in [-0.15, -0.1) is 0 Å². The van der Waals surface area contributed by atoms with E-state index in [1.54, 1.807) is 12.1 Å². The third-order valence-electron chi connectivity index (χ3n) is 7.72. The summed E-state index contributed by atoms with van der Waals surface area (Å²) in [7, 11) is 0. The van der Waals surface area contributed by atoms with Gasteiger partial charge < -0.3 is 19.3 Å². The van der Waals surface area contributed by atoms with Crippen molar-refractivity contribution in [3.05, 3.63) is 87.7 Å². The zero-order valence-electron chi connectivity index (χ0n) is 21.0. The van der Waals surface area contributed by atoms with E-state index in [-0.39, 0.29) is 18.2 Å². The van der Waals surface area contributed by atoms with Crippen molar-refractivity contribution in [2.24, 2.45) is 0 Å². The van der Waals surface area contributed by atoms with Crippen molar-refractivity contribution < 1.29 is 28.5 Å². The van der Waals surface area contributed by atoms with Crippen LogP contribution in [0.5, 0.6) is 11.5 Å². The maximum absolute atomic E-state index is 15.2. The minimum atomic E-state index is -0.847. The lowest BCUT2D eigenvalue weighted by Gasteiger charge is -2.19. The fourth-order valence-corrected chi connectivity index (χ4v) is 6.06. The van der Waals surface area contributed by atoms with Crippen molar-refractivity contribution in [3.8, 4) is 22.6 Å². The lowest BCUT2D eigenvalue weighted by molar-refractivity contribution is -0.137. The van der Waals surface area contributed by atoms with E-state index in [2.05, 4.69) is 32.1 Å². The van der Waals surface area contributed by atoms with Crippen LogP contribution in [0.4, 0.5) is 4.39 Å². The van der Waals surface area contributed by atoms with Crippen LogP contribution < -0.4 is 9.47 Å². The number of fused-ring (bicyclic) bond motifs is 2. The Kier molecular flexibility index (Phi) is 6.00. The molecule has 3 aromatic carbocycles. The first-order chi connectivity index (χ1) is 17.9. The number of rotatable bonds is 6. The number of carbonyl (C=O) groups is 1. The molecule has 1 unspecified atom stereocenters. The molecule has 1 aliphatic carbocycles. The van der Waals surface area contributed by atoms with E-state index in [9.17, 15) is 4.79 Å². The van der Waals surface area contributed by atoms with Gasteiger partial charge in [0.05, 0.1) is 26.2 Å². The second-order valence-corrected chi connectivity index (χ2v) is 10.2. The monoisotopic (exact) mass is 500 g/mol. The molecule has 0 radical (unpaired) electrons. The lowest BCUT2D eigenvalue weighted by Crippen LogP contribution is -2.07. The van der Waals surface area contributed by atoms with Crippen LogP contribution in [0.2, 0.25) is 0 Å². The number of aryl methyl sites for hydroxylation is 2. The topological polar surface area (TPSA) is 65.0 Å². The van der Waals surface area contributed by atoms with Gasteiger partial charge in [0, 0.05) is 23.1 Å². The fourth-order valence-electron chi connectivity index (χ4n) is 6.06. The van der Waals surface area contributed by atoms with Crippen LogP contribution >= 0.6 is 0 Å². The Morgan fingerprint density at radius 2 is 1.95 bits per heavy atom. The van der Waals surface area contributed by atoms with Gasteiger partial charge >= 0.3 is 5.97 Å². The normalized spacial score (nSPS) is 19.8. The average Bonchev–Trinajstić information content (AvgIpc) is 3.61. The molecular formula is C31H29FO5. The number of hydrogen-bond acceptors (Lipinski definition) is 4. The second kappa shape index (κ2) is 9.34. The van der Waals surface area contributed by atoms with Crippen molar-refractivity contribution in [2.75, 3.05) is 19.8 Å². The molecule has 5 nitrogen and oxygen atoms in total. The number of aliphatic carboxylic acids is 1. The van der Waals surface area contributed by atoms with E-state index in [0.717, 1.165) is 39.8 Å². The highest BCUT2D eigenvalue weighted by atomic mass is 19.1. The molecule has 0 spiro atoms. The SMILES string of the molecule is Cc1cc(C2=CCOC2)cc(C)c1-c1ccc(F)c2c1CC[C@H]2Oc1ccc2c(c1)OCC2CC(=O)O. The van der Waals surface area contributed by atoms with E-state index >= 15 is 4.39 Å². The van der Waals surface area contributed by atoms with Crippen molar-refractivity contribution in [1.29, 1.82) is 0 Å². The average molecular weight is 501 g/mol. The van der Waals surface area contributed by atoms with Gasteiger partial charge in [-0.3, -0.25) is 4.79 Å². The first-order valence-corrected chi connectivity index (χ1v) is 12.7. The van der Waals surface area contributed by atoms with E-state index in [1.807, 2.05) is 18.2 Å². The highest BCUT2D eigenvalue weighted by Crippen LogP contribution is 2.45. The summed E-state index contributed by atoms with van der Waals surface area (Å²) in [4.78, 5) is 11.1. The fraction of sp³-hybridized carbons (Fsp3) is 0.323. The molecule has 2 heterocycles. The van der Waals surface area contributed by atoms with Crippen LogP contribution in [0, 0.1) is 19.7 Å². The van der Waals surface area contributed by atoms with Gasteiger partial charge in [0.15, 0.2) is 0 Å². The Balaban J connectivity index is 1.30. The number of carboxylic acid groups (broad SMARTS) is 1. The summed E-state index contributed by atoms with van der Waals surface area (Å²) in [6.45, 7) is 5.86. The number of ether oxygens (including phenoxy) is 3. The molecule has 3 aliphatic rings. The molecule has 6 heteroatoms. The Morgan fingerprint density at radius 3 is 2.68 bits per heavy atom. The molecule has 0 bridgehead atoms. The van der Waals surface area contributed by atoms with Gasteiger partial charge in [-0.25, -0.2) is 4.39 Å². The standard InChI is InChI=1S/C31H29FO5/c1-17-11-20(19-9-10-35-15-19)12-18(2)30(17)24-5-7-26(32)31-25(24)6-8-27(31)37-22-3-4-23-21(13-29(33)34)16-36-28(23)14-22/h3-5,7,9,11-12,14,21,27H,6,8,10,13,15-16H2,1-2H3,(H,33,34)/t21?,27-/m1/s1. The van der Waals surface area contributed by atoms with Crippen LogP contribution in [-0.4, -0.2) is 30.9 Å². The Bertz CT molecular complexity index is 1420. The van der Waals surface area contributed by atoms with Gasteiger partial charge in [-0.05, 0) is 77.8 Å². The lowest BCUT2D eigenvalue weighted by atomic mass is 9.88. The van der Waals surface area contributed by atoms with Crippen LogP contribution in [-0.2, 0) is 16.0 Å². The van der Waals surface area contributed by atoms with Crippen molar-refractivity contribution in [1.82, 2.24) is 0 Å². The zero-order chi connectivity index (χ0) is 25.7. The molecular weight excluding hydrogens is 471 g/mol. The van der Waals surface area contributed by atoms with Gasteiger partial charge in [0.1, 0.15) is 23.4 Å². The van der Waals surface area contributed by atoms with Gasteiger partial charge in [-0.1, -0.05) is 30.3 Å². The predicted molar refractivity (Wildman–Crippen MR) is 139 cm³/mol. The molecule has 190 valence electrons. The summed E-state index contributed by atoms with van der Waals surface area (Å²) >= 11 is 0. The molecule has 2 aliphatic heterocycles. The summed E-state index contributed by atoms with van der Waals surface area (Å²) < 4.78 is 32.8. The molecule has 2 atom stereocenters. The molecule has 37 heavy (non-hydrogen) atoms. The van der Waals surface area contributed by atoms with Crippen LogP contribution in [0.15, 0.2) is 48.5 Å². The minimum Gasteiger partial charge on any atom is -0.492 e. The first kappa shape index (κ1) is 23.7. The highest BCUT2D eigenvalue weighted by molar-refractivity contribution is 5.79. The maximum atomic E-state index is 15.2. The largest absolute Gasteiger partial charge is 0.492 e. The summed E-state index contributed by atoms with van der Waals surface area (Å²) in [5.41, 5.74) is 9.43. The number of hydrogen-bond donors (Lipinski definition) is 1. The number of halogens is 1. The van der Waals surface area contributed by atoms with Crippen molar-refractivity contribution >= 4 is 11.5 Å². The maximum Gasteiger partial charge on any atom is 0.304 e. The molecule has 3 aromatic rings. The van der Waals surface area contributed by atoms with Crippen LogP contribution in [0.1, 0.15) is 58.2 Å². The van der Waals surface area contributed by atoms with E-state index < -0.39 is 12.1 Å². The predicted octanol–water partition coefficient (Wildman–Crippen LogP) is 6.54. The number of carboxylic acids is 1. The Hall–Kier alpha value is -3.64. The second-order valence-electron chi connectivity index (χ2n) is 10.2. The zero-order valence-corrected chi connectivity index (χ0v) is 21.0. The smallest absolute Gasteiger partial charge is 0.304 e. The first-order valence-electron chi connectivity index (χ1n) is 12.7. The van der Waals surface area contributed by atoms with E-state index in [1.165, 1.54) is 11.1 Å². The van der Waals surface area contributed by atoms with E-state index in [0.29, 0.717) is 43.3 Å². The highest BCUT2D eigenvalue weighted by Gasteiger charge is 2.32. The summed E-state index contributed by atoms with van der Waals surface area (Å²) in [6, 6.07) is 13.3. The van der Waals surface area contributed by atoms with Crippen LogP contribution in [0.3, 0.4) is 0 Å². The van der Waals surface area contributed by atoms with Crippen molar-refractivity contribution in [3.63, 3.8) is 0 Å². The Morgan fingerprint density at radius 1 is 1.14 bits per heavy atom. The third kappa shape index (κ3) is 4.29. The third-order valence-corrected chi connectivity index (χ3v) is 7.72. The molecule has 6 rings (SSSR count). The Labute approximate surface area is 215 Å². The minimum absolute atomic E-state index is 0.0301. The van der Waals surface area contributed by atoms with Gasteiger partial charge in [0.25, 0.3) is 0 Å². The molecule has 0 aromatic heterocycles. The van der Waals surface area contributed by atoms with E-state index in [4.69, 9.17) is 19.3 Å². The number of benzene rings is 3. The molecule has 1 N–H and O–H groups in total. The van der Waals surface area contributed by atoms with Crippen molar-refractivity contribution in [2.45, 2.75) is 45.1 Å². The van der Waals surface area contributed by atoms with Gasteiger partial charge in [-0.2, -0.15) is 0 Å². The summed E-state index contributed by atoms with van der Waals surface area (Å²) in [6.07, 6.45) is 3.17. The summed E-state index contributed by atoms with van der Waals surface area (Å²) in [5, 5.41) is 9.14. The molecule has 0 saturated heterocycles. The van der Waals surface area contributed by atoms with Crippen LogP contribution in [0.25, 0.3) is 16.7 Å². The van der Waals surface area contributed by atoms with Gasteiger partial charge in [0.2, 0.25) is 0 Å². The molecule has 0 fully saturated rings. The molecule has 0 saturated carbocycles.